The van der Waals surface area contributed by atoms with Crippen molar-refractivity contribution in [3.05, 3.63) is 59.8 Å². The van der Waals surface area contributed by atoms with Gasteiger partial charge in [0.25, 0.3) is 0 Å². The Labute approximate surface area is 149 Å². The van der Waals surface area contributed by atoms with Crippen molar-refractivity contribution in [2.75, 3.05) is 26.8 Å². The predicted octanol–water partition coefficient (Wildman–Crippen LogP) is 1.92. The Hall–Kier alpha value is -2.60. The summed E-state index contributed by atoms with van der Waals surface area (Å²) in [7, 11) is 1.72. The fourth-order valence-corrected chi connectivity index (χ4v) is 2.46. The molecule has 1 heterocycles. The molecule has 1 aromatic carbocycles. The molecule has 0 bridgehead atoms. The van der Waals surface area contributed by atoms with E-state index in [0.717, 1.165) is 11.1 Å². The monoisotopic (exact) mass is 342 g/mol. The van der Waals surface area contributed by atoms with Crippen molar-refractivity contribution >= 4 is 5.96 Å². The molecule has 134 valence electrons. The molecular weight excluding hydrogens is 316 g/mol. The van der Waals surface area contributed by atoms with Gasteiger partial charge in [-0.2, -0.15) is 0 Å². The quantitative estimate of drug-likeness (QED) is 0.505. The van der Waals surface area contributed by atoms with Crippen LogP contribution in [0.5, 0.6) is 5.88 Å². The molecule has 0 aliphatic carbocycles. The van der Waals surface area contributed by atoms with Crippen LogP contribution in [0, 0.1) is 0 Å². The highest BCUT2D eigenvalue weighted by molar-refractivity contribution is 5.79. The molecule has 1 unspecified atom stereocenters. The van der Waals surface area contributed by atoms with Crippen LogP contribution in [0.2, 0.25) is 0 Å². The van der Waals surface area contributed by atoms with Crippen LogP contribution in [0.3, 0.4) is 0 Å². The molecule has 2 aromatic rings. The summed E-state index contributed by atoms with van der Waals surface area (Å²) in [5.74, 6) is 1.31. The molecule has 2 rings (SSSR count). The summed E-state index contributed by atoms with van der Waals surface area (Å²) in [6, 6.07) is 13.8. The summed E-state index contributed by atoms with van der Waals surface area (Å²) < 4.78 is 5.53. The average Bonchev–Trinajstić information content (AvgIpc) is 2.67. The van der Waals surface area contributed by atoms with Crippen molar-refractivity contribution in [2.24, 2.45) is 4.99 Å². The number of guanidine groups is 1. The van der Waals surface area contributed by atoms with E-state index in [1.165, 1.54) is 0 Å². The minimum Gasteiger partial charge on any atom is -0.478 e. The molecule has 0 radical (unpaired) electrons. The van der Waals surface area contributed by atoms with E-state index in [0.29, 0.717) is 31.5 Å². The van der Waals surface area contributed by atoms with Gasteiger partial charge >= 0.3 is 0 Å². The smallest absolute Gasteiger partial charge is 0.218 e. The van der Waals surface area contributed by atoms with Gasteiger partial charge in [0.05, 0.1) is 13.2 Å². The van der Waals surface area contributed by atoms with Crippen LogP contribution >= 0.6 is 0 Å². The van der Waals surface area contributed by atoms with Crippen LogP contribution in [0.4, 0.5) is 0 Å². The number of aromatic nitrogens is 1. The summed E-state index contributed by atoms with van der Waals surface area (Å²) in [4.78, 5) is 8.47. The summed E-state index contributed by atoms with van der Waals surface area (Å²) in [5, 5.41) is 16.2. The van der Waals surface area contributed by atoms with Crippen molar-refractivity contribution < 1.29 is 9.84 Å². The number of rotatable bonds is 8. The second-order valence-corrected chi connectivity index (χ2v) is 5.50. The van der Waals surface area contributed by atoms with Gasteiger partial charge in [0.1, 0.15) is 0 Å². The number of hydrogen-bond acceptors (Lipinski definition) is 4. The minimum absolute atomic E-state index is 0.0112. The molecule has 0 aliphatic rings. The standard InChI is InChI=1S/C19H26N4O2/c1-3-25-18-16(10-7-11-21-18)12-22-19(20-2)23-13-17(14-24)15-8-5-4-6-9-15/h4-11,17,24H,3,12-14H2,1-2H3,(H2,20,22,23). The fraction of sp³-hybridized carbons (Fsp3) is 0.368. The molecule has 6 heteroatoms. The summed E-state index contributed by atoms with van der Waals surface area (Å²) in [5.41, 5.74) is 2.06. The zero-order valence-corrected chi connectivity index (χ0v) is 14.8. The lowest BCUT2D eigenvalue weighted by Crippen LogP contribution is -2.39. The number of aliphatic hydroxyl groups is 1. The Morgan fingerprint density at radius 3 is 2.68 bits per heavy atom. The second-order valence-electron chi connectivity index (χ2n) is 5.50. The summed E-state index contributed by atoms with van der Waals surface area (Å²) in [6.07, 6.45) is 1.72. The lowest BCUT2D eigenvalue weighted by molar-refractivity contribution is 0.265. The van der Waals surface area contributed by atoms with E-state index < -0.39 is 0 Å². The number of aliphatic hydroxyl groups excluding tert-OH is 1. The molecule has 6 nitrogen and oxygen atoms in total. The van der Waals surface area contributed by atoms with Crippen LogP contribution in [-0.2, 0) is 6.54 Å². The predicted molar refractivity (Wildman–Crippen MR) is 99.9 cm³/mol. The SMILES string of the molecule is CCOc1ncccc1CNC(=NC)NCC(CO)c1ccccc1. The average molecular weight is 342 g/mol. The number of nitrogens with one attached hydrogen (secondary N) is 2. The molecule has 0 amide bonds. The third-order valence-corrected chi connectivity index (χ3v) is 3.81. The Kier molecular flexibility index (Phi) is 7.72. The van der Waals surface area contributed by atoms with E-state index in [1.807, 2.05) is 49.4 Å². The number of aliphatic imine (C=N–C) groups is 1. The van der Waals surface area contributed by atoms with E-state index in [-0.39, 0.29) is 12.5 Å². The van der Waals surface area contributed by atoms with Gasteiger partial charge < -0.3 is 20.5 Å². The zero-order chi connectivity index (χ0) is 17.9. The van der Waals surface area contributed by atoms with Gasteiger partial charge in [-0.15, -0.1) is 0 Å². The van der Waals surface area contributed by atoms with Crippen molar-refractivity contribution in [1.82, 2.24) is 15.6 Å². The molecule has 1 aromatic heterocycles. The highest BCUT2D eigenvalue weighted by atomic mass is 16.5. The van der Waals surface area contributed by atoms with Gasteiger partial charge in [0.15, 0.2) is 5.96 Å². The van der Waals surface area contributed by atoms with Crippen LogP contribution < -0.4 is 15.4 Å². The number of nitrogens with zero attached hydrogens (tertiary/aromatic N) is 2. The van der Waals surface area contributed by atoms with Crippen LogP contribution in [-0.4, -0.2) is 42.9 Å². The van der Waals surface area contributed by atoms with Crippen molar-refractivity contribution in [3.8, 4) is 5.88 Å². The summed E-state index contributed by atoms with van der Waals surface area (Å²) >= 11 is 0. The molecule has 0 saturated heterocycles. The molecule has 25 heavy (non-hydrogen) atoms. The number of pyridine rings is 1. The minimum atomic E-state index is 0.0112. The molecule has 0 spiro atoms. The van der Waals surface area contributed by atoms with E-state index in [2.05, 4.69) is 20.6 Å². The first-order valence-corrected chi connectivity index (χ1v) is 8.45. The van der Waals surface area contributed by atoms with Gasteiger partial charge in [-0.25, -0.2) is 4.98 Å². The van der Waals surface area contributed by atoms with Gasteiger partial charge in [0, 0.05) is 37.8 Å². The maximum absolute atomic E-state index is 9.64. The molecular formula is C19H26N4O2. The molecule has 0 fully saturated rings. The van der Waals surface area contributed by atoms with Crippen LogP contribution in [0.15, 0.2) is 53.7 Å². The van der Waals surface area contributed by atoms with Crippen molar-refractivity contribution in [2.45, 2.75) is 19.4 Å². The Morgan fingerprint density at radius 2 is 2.00 bits per heavy atom. The third kappa shape index (κ3) is 5.76. The van der Waals surface area contributed by atoms with Gasteiger partial charge in [-0.05, 0) is 18.6 Å². The van der Waals surface area contributed by atoms with E-state index in [1.54, 1.807) is 13.2 Å². The van der Waals surface area contributed by atoms with E-state index >= 15 is 0 Å². The largest absolute Gasteiger partial charge is 0.478 e. The molecule has 1 atom stereocenters. The topological polar surface area (TPSA) is 78.8 Å². The molecule has 0 saturated carbocycles. The first-order valence-electron chi connectivity index (χ1n) is 8.45. The number of benzene rings is 1. The van der Waals surface area contributed by atoms with E-state index in [9.17, 15) is 5.11 Å². The van der Waals surface area contributed by atoms with E-state index in [4.69, 9.17) is 4.74 Å². The fourth-order valence-electron chi connectivity index (χ4n) is 2.46. The number of hydrogen-bond donors (Lipinski definition) is 3. The summed E-state index contributed by atoms with van der Waals surface area (Å²) in [6.45, 7) is 3.73. The first-order chi connectivity index (χ1) is 12.3. The van der Waals surface area contributed by atoms with Gasteiger partial charge in [-0.1, -0.05) is 36.4 Å². The maximum atomic E-state index is 9.64. The molecule has 3 N–H and O–H groups in total. The second kappa shape index (κ2) is 10.3. The Morgan fingerprint density at radius 1 is 1.20 bits per heavy atom. The molecule has 0 aliphatic heterocycles. The van der Waals surface area contributed by atoms with Crippen LogP contribution in [0.25, 0.3) is 0 Å². The maximum Gasteiger partial charge on any atom is 0.218 e. The van der Waals surface area contributed by atoms with Crippen molar-refractivity contribution in [1.29, 1.82) is 0 Å². The first kappa shape index (κ1) is 18.7. The van der Waals surface area contributed by atoms with Gasteiger partial charge in [0.2, 0.25) is 5.88 Å². The van der Waals surface area contributed by atoms with Gasteiger partial charge in [-0.3, -0.25) is 4.99 Å². The lowest BCUT2D eigenvalue weighted by atomic mass is 10.0. The van der Waals surface area contributed by atoms with Crippen LogP contribution in [0.1, 0.15) is 24.0 Å². The normalized spacial score (nSPS) is 12.5. The Bertz CT molecular complexity index is 661. The lowest BCUT2D eigenvalue weighted by Gasteiger charge is -2.18. The number of ether oxygens (including phenoxy) is 1. The third-order valence-electron chi connectivity index (χ3n) is 3.81. The highest BCUT2D eigenvalue weighted by Crippen LogP contribution is 2.14. The Balaban J connectivity index is 1.91. The highest BCUT2D eigenvalue weighted by Gasteiger charge is 2.11. The van der Waals surface area contributed by atoms with Crippen molar-refractivity contribution in [3.63, 3.8) is 0 Å². The zero-order valence-electron chi connectivity index (χ0n) is 14.8.